The fourth-order valence-corrected chi connectivity index (χ4v) is 4.32. The molecular formula is C27H16F6N2. The van der Waals surface area contributed by atoms with Crippen LogP contribution in [-0.2, 0) is 12.4 Å². The lowest BCUT2D eigenvalue weighted by molar-refractivity contribution is -0.142. The van der Waals surface area contributed by atoms with Gasteiger partial charge in [0.1, 0.15) is 11.4 Å². The average molecular weight is 482 g/mol. The second-order valence-corrected chi connectivity index (χ2v) is 8.22. The van der Waals surface area contributed by atoms with E-state index in [2.05, 4.69) is 10.2 Å². The first-order valence-electron chi connectivity index (χ1n) is 10.6. The molecule has 0 bridgehead atoms. The lowest BCUT2D eigenvalue weighted by Gasteiger charge is -2.19. The van der Waals surface area contributed by atoms with Gasteiger partial charge in [-0.15, -0.1) is 10.2 Å². The summed E-state index contributed by atoms with van der Waals surface area (Å²) in [5, 5.41) is 10.9. The second-order valence-electron chi connectivity index (χ2n) is 8.22. The highest BCUT2D eigenvalue weighted by atomic mass is 19.4. The van der Waals surface area contributed by atoms with Crippen LogP contribution >= 0.6 is 0 Å². The molecule has 2 nitrogen and oxygen atoms in total. The van der Waals surface area contributed by atoms with Gasteiger partial charge in [-0.3, -0.25) is 0 Å². The van der Waals surface area contributed by atoms with Crippen molar-refractivity contribution in [2.24, 2.45) is 0 Å². The van der Waals surface area contributed by atoms with Crippen LogP contribution in [0.2, 0.25) is 0 Å². The van der Waals surface area contributed by atoms with Crippen molar-refractivity contribution < 1.29 is 26.3 Å². The Balaban J connectivity index is 1.90. The zero-order chi connectivity index (χ0) is 25.0. The van der Waals surface area contributed by atoms with Gasteiger partial charge in [0, 0.05) is 21.9 Å². The summed E-state index contributed by atoms with van der Waals surface area (Å²) in [5.41, 5.74) is -2.32. The Morgan fingerprint density at radius 2 is 1.14 bits per heavy atom. The number of aryl methyl sites for hydroxylation is 1. The van der Waals surface area contributed by atoms with Gasteiger partial charge >= 0.3 is 12.4 Å². The third-order valence-electron chi connectivity index (χ3n) is 5.90. The van der Waals surface area contributed by atoms with E-state index in [1.54, 1.807) is 24.3 Å². The molecule has 0 saturated carbocycles. The predicted molar refractivity (Wildman–Crippen MR) is 123 cm³/mol. The molecule has 5 aromatic rings. The third-order valence-corrected chi connectivity index (χ3v) is 5.90. The van der Waals surface area contributed by atoms with Crippen LogP contribution in [0.3, 0.4) is 0 Å². The van der Waals surface area contributed by atoms with Crippen molar-refractivity contribution in [2.45, 2.75) is 19.3 Å². The summed E-state index contributed by atoms with van der Waals surface area (Å²) in [5.74, 6) is 0. The standard InChI is InChI=1S/C27H16F6N2/c1-15-11-19(26(28,29)30)14-22(27(31,32)33)23(15)25-21-13-18-10-6-5-9-17(18)12-20(21)24(34-35-25)16-7-3-2-4-8-16/h2-14H,1H3. The minimum Gasteiger partial charge on any atom is -0.166 e. The average Bonchev–Trinajstić information content (AvgIpc) is 2.81. The topological polar surface area (TPSA) is 25.8 Å². The molecule has 1 heterocycles. The summed E-state index contributed by atoms with van der Waals surface area (Å²) in [7, 11) is 0. The molecule has 0 unspecified atom stereocenters. The van der Waals surface area contributed by atoms with E-state index in [4.69, 9.17) is 0 Å². The molecule has 0 radical (unpaired) electrons. The quantitative estimate of drug-likeness (QED) is 0.186. The SMILES string of the molecule is Cc1cc(C(F)(F)F)cc(C(F)(F)F)c1-c1nnc(-c2ccccc2)c2cc3ccccc3cc12. The first-order chi connectivity index (χ1) is 16.5. The van der Waals surface area contributed by atoms with Crippen LogP contribution in [-0.4, -0.2) is 10.2 Å². The number of alkyl halides is 6. The molecular weight excluding hydrogens is 466 g/mol. The van der Waals surface area contributed by atoms with Crippen molar-refractivity contribution in [3.05, 3.63) is 95.6 Å². The van der Waals surface area contributed by atoms with Crippen LogP contribution in [0.5, 0.6) is 0 Å². The summed E-state index contributed by atoms with van der Waals surface area (Å²) in [6.45, 7) is 1.22. The first-order valence-corrected chi connectivity index (χ1v) is 10.6. The highest BCUT2D eigenvalue weighted by molar-refractivity contribution is 6.09. The van der Waals surface area contributed by atoms with Crippen molar-refractivity contribution in [2.75, 3.05) is 0 Å². The highest BCUT2D eigenvalue weighted by Crippen LogP contribution is 2.45. The van der Waals surface area contributed by atoms with Crippen molar-refractivity contribution in [1.82, 2.24) is 10.2 Å². The third kappa shape index (κ3) is 4.09. The zero-order valence-corrected chi connectivity index (χ0v) is 18.2. The van der Waals surface area contributed by atoms with Gasteiger partial charge in [-0.25, -0.2) is 0 Å². The van der Waals surface area contributed by atoms with Gasteiger partial charge in [0.05, 0.1) is 11.1 Å². The van der Waals surface area contributed by atoms with E-state index in [9.17, 15) is 26.3 Å². The Hall–Kier alpha value is -3.94. The van der Waals surface area contributed by atoms with Crippen molar-refractivity contribution in [1.29, 1.82) is 0 Å². The summed E-state index contributed by atoms with van der Waals surface area (Å²) in [4.78, 5) is 0. The molecule has 0 amide bonds. The van der Waals surface area contributed by atoms with Crippen molar-refractivity contribution in [3.63, 3.8) is 0 Å². The van der Waals surface area contributed by atoms with E-state index >= 15 is 0 Å². The summed E-state index contributed by atoms with van der Waals surface area (Å²) >= 11 is 0. The maximum absolute atomic E-state index is 14.1. The van der Waals surface area contributed by atoms with Crippen molar-refractivity contribution >= 4 is 21.5 Å². The molecule has 0 aliphatic rings. The number of hydrogen-bond acceptors (Lipinski definition) is 2. The number of halogens is 6. The Morgan fingerprint density at radius 1 is 0.600 bits per heavy atom. The number of hydrogen-bond donors (Lipinski definition) is 0. The summed E-state index contributed by atoms with van der Waals surface area (Å²) in [6.07, 6.45) is -9.96. The monoisotopic (exact) mass is 482 g/mol. The van der Waals surface area contributed by atoms with E-state index in [-0.39, 0.29) is 17.3 Å². The predicted octanol–water partition coefficient (Wildman–Crippen LogP) is 8.46. The number of nitrogens with zero attached hydrogens (tertiary/aromatic N) is 2. The fraction of sp³-hybridized carbons (Fsp3) is 0.111. The van der Waals surface area contributed by atoms with Gasteiger partial charge in [-0.05, 0) is 47.5 Å². The molecule has 0 fully saturated rings. The number of benzene rings is 4. The van der Waals surface area contributed by atoms with Gasteiger partial charge in [0.25, 0.3) is 0 Å². The van der Waals surface area contributed by atoms with Crippen molar-refractivity contribution in [3.8, 4) is 22.5 Å². The van der Waals surface area contributed by atoms with Gasteiger partial charge in [0.2, 0.25) is 0 Å². The smallest absolute Gasteiger partial charge is 0.166 e. The number of rotatable bonds is 2. The first kappa shape index (κ1) is 22.8. The van der Waals surface area contributed by atoms with Gasteiger partial charge in [-0.1, -0.05) is 54.6 Å². The molecule has 0 atom stereocenters. The van der Waals surface area contributed by atoms with Crippen LogP contribution in [0.25, 0.3) is 44.1 Å². The van der Waals surface area contributed by atoms with E-state index < -0.39 is 29.0 Å². The van der Waals surface area contributed by atoms with E-state index in [0.29, 0.717) is 28.1 Å². The minimum atomic E-state index is -5.04. The molecule has 4 aromatic carbocycles. The molecule has 8 heteroatoms. The molecule has 0 spiro atoms. The maximum atomic E-state index is 14.1. The van der Waals surface area contributed by atoms with E-state index in [1.165, 1.54) is 6.92 Å². The zero-order valence-electron chi connectivity index (χ0n) is 18.2. The fourth-order valence-electron chi connectivity index (χ4n) is 4.32. The second kappa shape index (κ2) is 8.08. The number of fused-ring (bicyclic) bond motifs is 2. The Bertz CT molecular complexity index is 1570. The van der Waals surface area contributed by atoms with Crippen LogP contribution < -0.4 is 0 Å². The number of aromatic nitrogens is 2. The maximum Gasteiger partial charge on any atom is 0.417 e. The van der Waals surface area contributed by atoms with Gasteiger partial charge in [-0.2, -0.15) is 26.3 Å². The minimum absolute atomic E-state index is 0.121. The lowest BCUT2D eigenvalue weighted by Crippen LogP contribution is -2.14. The Morgan fingerprint density at radius 3 is 1.71 bits per heavy atom. The van der Waals surface area contributed by atoms with Crippen LogP contribution in [0.1, 0.15) is 16.7 Å². The molecule has 0 N–H and O–H groups in total. The molecule has 1 aromatic heterocycles. The summed E-state index contributed by atoms with van der Waals surface area (Å²) < 4.78 is 82.2. The molecule has 35 heavy (non-hydrogen) atoms. The Labute approximate surface area is 195 Å². The lowest BCUT2D eigenvalue weighted by atomic mass is 9.91. The highest BCUT2D eigenvalue weighted by Gasteiger charge is 2.40. The van der Waals surface area contributed by atoms with Crippen LogP contribution in [0, 0.1) is 6.92 Å². The van der Waals surface area contributed by atoms with Crippen LogP contribution in [0.15, 0.2) is 78.9 Å². The normalized spacial score (nSPS) is 12.4. The molecule has 0 aliphatic carbocycles. The Kier molecular flexibility index (Phi) is 5.27. The summed E-state index contributed by atoms with van der Waals surface area (Å²) in [6, 6.07) is 20.7. The van der Waals surface area contributed by atoms with Crippen LogP contribution in [0.4, 0.5) is 26.3 Å². The van der Waals surface area contributed by atoms with E-state index in [0.717, 1.165) is 10.8 Å². The molecule has 176 valence electrons. The van der Waals surface area contributed by atoms with Gasteiger partial charge < -0.3 is 0 Å². The molecule has 0 saturated heterocycles. The van der Waals surface area contributed by atoms with E-state index in [1.807, 2.05) is 42.5 Å². The van der Waals surface area contributed by atoms with Gasteiger partial charge in [0.15, 0.2) is 0 Å². The molecule has 0 aliphatic heterocycles. The molecule has 5 rings (SSSR count). The largest absolute Gasteiger partial charge is 0.417 e.